The average Bonchev–Trinajstić information content (AvgIpc) is 2.72. The van der Waals surface area contributed by atoms with Crippen LogP contribution in [0, 0.1) is 5.41 Å². The van der Waals surface area contributed by atoms with Crippen LogP contribution in [0.4, 0.5) is 0 Å². The molecule has 1 aliphatic rings. The normalized spacial score (nSPS) is 17.7. The van der Waals surface area contributed by atoms with Gasteiger partial charge in [-0.2, -0.15) is 0 Å². The predicted molar refractivity (Wildman–Crippen MR) is 77.2 cm³/mol. The van der Waals surface area contributed by atoms with E-state index in [1.807, 2.05) is 0 Å². The fraction of sp³-hybridized carbons (Fsp3) is 0.533. The second kappa shape index (κ2) is 6.56. The van der Waals surface area contributed by atoms with Crippen LogP contribution in [0.25, 0.3) is 0 Å². The average molecular weight is 292 g/mol. The van der Waals surface area contributed by atoms with Gasteiger partial charge in [-0.3, -0.25) is 14.4 Å². The van der Waals surface area contributed by atoms with Gasteiger partial charge in [0, 0.05) is 25.0 Å². The Morgan fingerprint density at radius 2 is 1.90 bits per heavy atom. The maximum Gasteiger partial charge on any atom is 0.311 e. The third kappa shape index (κ3) is 3.51. The minimum Gasteiger partial charge on any atom is -0.481 e. The molecule has 1 fully saturated rings. The number of carboxylic acids is 1. The van der Waals surface area contributed by atoms with Crippen molar-refractivity contribution in [3.63, 3.8) is 0 Å². The lowest BCUT2D eigenvalue weighted by Gasteiger charge is -2.28. The van der Waals surface area contributed by atoms with Crippen molar-refractivity contribution >= 4 is 11.9 Å². The topological polar surface area (TPSA) is 99.3 Å². The number of pyridine rings is 1. The molecule has 0 aromatic carbocycles. The van der Waals surface area contributed by atoms with Crippen LogP contribution in [0.1, 0.15) is 48.9 Å². The van der Waals surface area contributed by atoms with E-state index in [0.717, 1.165) is 25.7 Å². The molecule has 2 rings (SSSR count). The molecule has 3 N–H and O–H groups in total. The number of hydrogen-bond donors (Lipinski definition) is 3. The molecule has 6 nitrogen and oxygen atoms in total. The first-order valence-electron chi connectivity index (χ1n) is 7.24. The van der Waals surface area contributed by atoms with E-state index >= 15 is 0 Å². The highest BCUT2D eigenvalue weighted by Crippen LogP contribution is 2.34. The third-order valence-electron chi connectivity index (χ3n) is 4.17. The molecule has 0 atom stereocenters. The summed E-state index contributed by atoms with van der Waals surface area (Å²) in [6.45, 7) is 0.0650. The molecule has 0 saturated heterocycles. The molecule has 1 aromatic heterocycles. The Hall–Kier alpha value is -2.11. The van der Waals surface area contributed by atoms with E-state index in [1.165, 1.54) is 18.5 Å². The standard InChI is InChI=1S/C15H20N2O4/c18-12-5-8-16-9-11(12)13(19)17-10-15(14(20)21)6-3-1-2-4-7-15/h5,8-9H,1-4,6-7,10H2,(H,16,18)(H,17,19)(H,20,21). The second-order valence-corrected chi connectivity index (χ2v) is 5.60. The van der Waals surface area contributed by atoms with Crippen LogP contribution in [0.15, 0.2) is 23.3 Å². The number of rotatable bonds is 4. The molecule has 0 aliphatic heterocycles. The van der Waals surface area contributed by atoms with Crippen molar-refractivity contribution in [1.82, 2.24) is 10.3 Å². The van der Waals surface area contributed by atoms with Gasteiger partial charge in [0.15, 0.2) is 5.43 Å². The minimum atomic E-state index is -0.909. The molecule has 0 bridgehead atoms. The van der Waals surface area contributed by atoms with Crippen LogP contribution in [0.5, 0.6) is 0 Å². The molecule has 1 heterocycles. The lowest BCUT2D eigenvalue weighted by molar-refractivity contribution is -0.149. The number of carboxylic acid groups (broad SMARTS) is 1. The van der Waals surface area contributed by atoms with E-state index in [4.69, 9.17) is 0 Å². The van der Waals surface area contributed by atoms with E-state index in [-0.39, 0.29) is 17.5 Å². The van der Waals surface area contributed by atoms with Crippen LogP contribution in [0.2, 0.25) is 0 Å². The number of carbonyl (C=O) groups excluding carboxylic acids is 1. The molecular weight excluding hydrogens is 272 g/mol. The molecule has 0 radical (unpaired) electrons. The lowest BCUT2D eigenvalue weighted by atomic mass is 9.80. The summed E-state index contributed by atoms with van der Waals surface area (Å²) in [6.07, 6.45) is 7.67. The number of amides is 1. The smallest absolute Gasteiger partial charge is 0.311 e. The van der Waals surface area contributed by atoms with Gasteiger partial charge < -0.3 is 15.4 Å². The van der Waals surface area contributed by atoms with Crippen molar-refractivity contribution in [2.45, 2.75) is 38.5 Å². The molecule has 1 amide bonds. The first-order chi connectivity index (χ1) is 10.1. The van der Waals surface area contributed by atoms with Gasteiger partial charge in [0.2, 0.25) is 0 Å². The van der Waals surface area contributed by atoms with Crippen molar-refractivity contribution in [3.05, 3.63) is 34.2 Å². The van der Waals surface area contributed by atoms with Gasteiger partial charge >= 0.3 is 5.97 Å². The zero-order chi connectivity index (χ0) is 15.3. The van der Waals surface area contributed by atoms with Crippen molar-refractivity contribution in [2.75, 3.05) is 6.54 Å². The monoisotopic (exact) mass is 292 g/mol. The number of hydrogen-bond acceptors (Lipinski definition) is 3. The summed E-state index contributed by atoms with van der Waals surface area (Å²) in [5.74, 6) is -1.40. The quantitative estimate of drug-likeness (QED) is 0.733. The highest BCUT2D eigenvalue weighted by molar-refractivity contribution is 5.94. The molecule has 1 aliphatic carbocycles. The summed E-state index contributed by atoms with van der Waals surface area (Å²) in [6, 6.07) is 1.27. The Labute approximate surface area is 122 Å². The van der Waals surface area contributed by atoms with Crippen LogP contribution < -0.4 is 10.7 Å². The van der Waals surface area contributed by atoms with Gasteiger partial charge in [0.1, 0.15) is 5.56 Å². The zero-order valence-electron chi connectivity index (χ0n) is 11.9. The third-order valence-corrected chi connectivity index (χ3v) is 4.17. The fourth-order valence-corrected chi connectivity index (χ4v) is 2.81. The van der Waals surface area contributed by atoms with E-state index in [2.05, 4.69) is 10.3 Å². The molecule has 0 spiro atoms. The van der Waals surface area contributed by atoms with E-state index in [0.29, 0.717) is 12.8 Å². The Morgan fingerprint density at radius 1 is 1.24 bits per heavy atom. The van der Waals surface area contributed by atoms with Crippen molar-refractivity contribution < 1.29 is 14.7 Å². The highest BCUT2D eigenvalue weighted by Gasteiger charge is 2.39. The van der Waals surface area contributed by atoms with Crippen molar-refractivity contribution in [2.24, 2.45) is 5.41 Å². The zero-order valence-corrected chi connectivity index (χ0v) is 11.9. The van der Waals surface area contributed by atoms with E-state index in [1.54, 1.807) is 0 Å². The Kier molecular flexibility index (Phi) is 4.77. The van der Waals surface area contributed by atoms with Crippen molar-refractivity contribution in [1.29, 1.82) is 0 Å². The van der Waals surface area contributed by atoms with E-state index < -0.39 is 17.3 Å². The maximum atomic E-state index is 12.0. The van der Waals surface area contributed by atoms with Gasteiger partial charge in [-0.05, 0) is 12.8 Å². The Morgan fingerprint density at radius 3 is 2.48 bits per heavy atom. The van der Waals surface area contributed by atoms with Gasteiger partial charge in [-0.15, -0.1) is 0 Å². The number of aliphatic carboxylic acids is 1. The summed E-state index contributed by atoms with van der Waals surface area (Å²) >= 11 is 0. The fourth-order valence-electron chi connectivity index (χ4n) is 2.81. The van der Waals surface area contributed by atoms with Gasteiger partial charge in [-0.25, -0.2) is 0 Å². The summed E-state index contributed by atoms with van der Waals surface area (Å²) < 4.78 is 0. The van der Waals surface area contributed by atoms with Crippen molar-refractivity contribution in [3.8, 4) is 0 Å². The lowest BCUT2D eigenvalue weighted by Crippen LogP contribution is -2.43. The SMILES string of the molecule is O=C(NCC1(C(=O)O)CCCCCC1)c1c[nH]ccc1=O. The summed E-state index contributed by atoms with van der Waals surface area (Å²) in [5, 5.41) is 12.2. The van der Waals surface area contributed by atoms with Gasteiger partial charge in [-0.1, -0.05) is 25.7 Å². The first-order valence-corrected chi connectivity index (χ1v) is 7.24. The molecule has 0 unspecified atom stereocenters. The van der Waals surface area contributed by atoms with Gasteiger partial charge in [0.05, 0.1) is 5.41 Å². The Balaban J connectivity index is 2.08. The number of H-pyrrole nitrogens is 1. The van der Waals surface area contributed by atoms with Crippen LogP contribution >= 0.6 is 0 Å². The number of aromatic amines is 1. The summed E-state index contributed by atoms with van der Waals surface area (Å²) in [4.78, 5) is 37.9. The second-order valence-electron chi connectivity index (χ2n) is 5.60. The van der Waals surface area contributed by atoms with Crippen LogP contribution in [-0.2, 0) is 4.79 Å². The molecule has 1 saturated carbocycles. The molecule has 6 heteroatoms. The molecule has 1 aromatic rings. The summed E-state index contributed by atoms with van der Waals surface area (Å²) in [5.41, 5.74) is -1.28. The number of aromatic nitrogens is 1. The Bertz CT molecular complexity index is 571. The number of carbonyl (C=O) groups is 2. The maximum absolute atomic E-state index is 12.0. The first kappa shape index (κ1) is 15.3. The van der Waals surface area contributed by atoms with Crippen LogP contribution in [0.3, 0.4) is 0 Å². The largest absolute Gasteiger partial charge is 0.481 e. The summed E-state index contributed by atoms with van der Waals surface area (Å²) in [7, 11) is 0. The molecule has 21 heavy (non-hydrogen) atoms. The van der Waals surface area contributed by atoms with Crippen LogP contribution in [-0.4, -0.2) is 28.5 Å². The molecule has 114 valence electrons. The predicted octanol–water partition coefficient (Wildman–Crippen LogP) is 1.53. The highest BCUT2D eigenvalue weighted by atomic mass is 16.4. The van der Waals surface area contributed by atoms with Gasteiger partial charge in [0.25, 0.3) is 5.91 Å². The van der Waals surface area contributed by atoms with E-state index in [9.17, 15) is 19.5 Å². The molecular formula is C15H20N2O4. The minimum absolute atomic E-state index is 0.00617. The number of nitrogens with one attached hydrogen (secondary N) is 2.